The summed E-state index contributed by atoms with van der Waals surface area (Å²) in [5.74, 6) is -4.24. The van der Waals surface area contributed by atoms with Crippen LogP contribution < -0.4 is 10.6 Å². The zero-order chi connectivity index (χ0) is 51.0. The van der Waals surface area contributed by atoms with Gasteiger partial charge in [-0.05, 0) is 30.3 Å². The molecule has 0 aliphatic carbocycles. The zero-order valence-electron chi connectivity index (χ0n) is 40.6. The van der Waals surface area contributed by atoms with Gasteiger partial charge in [-0.15, -0.1) is 0 Å². The molecule has 390 valence electrons. The summed E-state index contributed by atoms with van der Waals surface area (Å²) in [7, 11) is -1.32. The van der Waals surface area contributed by atoms with Gasteiger partial charge in [-0.25, -0.2) is 0 Å². The summed E-state index contributed by atoms with van der Waals surface area (Å²) in [4.78, 5) is 54.1. The summed E-state index contributed by atoms with van der Waals surface area (Å²) in [5.41, 5.74) is 0.292. The number of aliphatic hydroxyl groups is 7. The van der Waals surface area contributed by atoms with Gasteiger partial charge in [0.15, 0.2) is 33.5 Å². The number of nitrogens with one attached hydrogen (secondary N) is 2. The Hall–Kier alpha value is -3.12. The lowest BCUT2D eigenvalue weighted by molar-refractivity contribution is -0.367. The molecule has 6 rings (SSSR count). The highest BCUT2D eigenvalue weighted by molar-refractivity contribution is 6.74. The number of carbonyl (C=O) groups is 4. The number of imide groups is 1. The number of benzene rings is 1. The first-order valence-electron chi connectivity index (χ1n) is 23.2. The van der Waals surface area contributed by atoms with Crippen LogP contribution in [0.25, 0.3) is 0 Å². The molecule has 24 heteroatoms. The average Bonchev–Trinajstić information content (AvgIpc) is 3.54. The van der Waals surface area contributed by atoms with Crippen LogP contribution in [0.4, 0.5) is 0 Å². The minimum Gasteiger partial charge on any atom is -0.411 e. The SMILES string of the molecule is CO[C@H]1OC(CO)[C@H](OC2OC(CO)C(O[C@H]3OC(CO)[C@H](OC4OC(CO)C(O[Si](C)(C)C(C)(C)C)[C@H](C)[C@@H]4N4C(=O)c5ccccc5C4=O)C(O)[C@H]3NC(C)=O)[C@H](O)[C@@H]2C)C(O)[C@H]1NC(C)=O. The molecule has 1 aromatic carbocycles. The first-order valence-corrected chi connectivity index (χ1v) is 26.1. The van der Waals surface area contributed by atoms with Crippen LogP contribution in [0.3, 0.4) is 0 Å². The molecule has 0 radical (unpaired) electrons. The van der Waals surface area contributed by atoms with Crippen LogP contribution in [-0.4, -0.2) is 217 Å². The minimum absolute atomic E-state index is 0.146. The fourth-order valence-corrected chi connectivity index (χ4v) is 10.9. The molecule has 0 aromatic heterocycles. The number of hydrogen-bond acceptors (Lipinski definition) is 20. The summed E-state index contributed by atoms with van der Waals surface area (Å²) in [6.45, 7) is 12.9. The van der Waals surface area contributed by atoms with Crippen LogP contribution in [0.5, 0.6) is 0 Å². The van der Waals surface area contributed by atoms with E-state index < -0.39 is 181 Å². The van der Waals surface area contributed by atoms with E-state index in [2.05, 4.69) is 10.6 Å². The topological polar surface area (TPSA) is 320 Å². The third kappa shape index (κ3) is 11.1. The van der Waals surface area contributed by atoms with E-state index >= 15 is 0 Å². The van der Waals surface area contributed by atoms with Crippen molar-refractivity contribution in [2.45, 2.75) is 177 Å². The second-order valence-electron chi connectivity index (χ2n) is 19.9. The Kier molecular flexibility index (Phi) is 17.9. The van der Waals surface area contributed by atoms with Crippen LogP contribution in [0.2, 0.25) is 18.1 Å². The quantitative estimate of drug-likeness (QED) is 0.0644. The van der Waals surface area contributed by atoms with Gasteiger partial charge in [0.25, 0.3) is 11.8 Å². The van der Waals surface area contributed by atoms with E-state index in [9.17, 15) is 54.9 Å². The monoisotopic (exact) mass is 1000 g/mol. The number of nitrogens with zero attached hydrogens (tertiary/aromatic N) is 1. The summed E-state index contributed by atoms with van der Waals surface area (Å²) in [5, 5.41) is 82.5. The van der Waals surface area contributed by atoms with Gasteiger partial charge in [0, 0.05) is 32.8 Å². The van der Waals surface area contributed by atoms with Crippen LogP contribution in [0, 0.1) is 11.8 Å². The first-order chi connectivity index (χ1) is 32.4. The molecular formula is C45H71N3O20Si. The van der Waals surface area contributed by atoms with E-state index in [4.69, 9.17) is 42.3 Å². The molecule has 23 nitrogen and oxygen atoms in total. The Labute approximate surface area is 401 Å². The van der Waals surface area contributed by atoms with Crippen molar-refractivity contribution in [2.75, 3.05) is 33.5 Å². The molecule has 9 N–H and O–H groups in total. The Balaban J connectivity index is 1.26. The van der Waals surface area contributed by atoms with E-state index in [1.165, 1.54) is 33.1 Å². The molecule has 5 aliphatic heterocycles. The maximum Gasteiger partial charge on any atom is 0.261 e. The van der Waals surface area contributed by atoms with Crippen molar-refractivity contribution in [3.63, 3.8) is 0 Å². The smallest absolute Gasteiger partial charge is 0.261 e. The third-order valence-electron chi connectivity index (χ3n) is 14.3. The van der Waals surface area contributed by atoms with Crippen molar-refractivity contribution < 1.29 is 97.2 Å². The van der Waals surface area contributed by atoms with E-state index in [1.807, 2.05) is 33.9 Å². The average molecular weight is 1000 g/mol. The minimum atomic E-state index is -2.61. The first kappa shape index (κ1) is 55.2. The normalized spacial score (nSPS) is 39.8. The fourth-order valence-electron chi connectivity index (χ4n) is 9.46. The summed E-state index contributed by atoms with van der Waals surface area (Å²) < 4.78 is 55.5. The van der Waals surface area contributed by atoms with Crippen molar-refractivity contribution in [3.8, 4) is 0 Å². The summed E-state index contributed by atoms with van der Waals surface area (Å²) in [6, 6.07) is 2.39. The fraction of sp³-hybridized carbons (Fsp3) is 0.778. The van der Waals surface area contributed by atoms with Crippen molar-refractivity contribution in [3.05, 3.63) is 35.4 Å². The third-order valence-corrected chi connectivity index (χ3v) is 18.7. The van der Waals surface area contributed by atoms with E-state index in [-0.39, 0.29) is 16.2 Å². The maximum absolute atomic E-state index is 14.2. The lowest BCUT2D eigenvalue weighted by Gasteiger charge is -2.53. The second-order valence-corrected chi connectivity index (χ2v) is 24.7. The van der Waals surface area contributed by atoms with Crippen LogP contribution >= 0.6 is 0 Å². The van der Waals surface area contributed by atoms with Crippen molar-refractivity contribution in [1.82, 2.24) is 15.5 Å². The van der Waals surface area contributed by atoms with Crippen LogP contribution in [0.1, 0.15) is 69.2 Å². The Morgan fingerprint density at radius 3 is 1.48 bits per heavy atom. The van der Waals surface area contributed by atoms with Crippen molar-refractivity contribution in [2.24, 2.45) is 11.8 Å². The largest absolute Gasteiger partial charge is 0.411 e. The van der Waals surface area contributed by atoms with Crippen LogP contribution in [-0.2, 0) is 51.9 Å². The Bertz CT molecular complexity index is 1920. The van der Waals surface area contributed by atoms with E-state index in [0.29, 0.717) is 0 Å². The number of ether oxygens (including phenoxy) is 8. The van der Waals surface area contributed by atoms with Gasteiger partial charge < -0.3 is 88.7 Å². The van der Waals surface area contributed by atoms with Gasteiger partial charge in [-0.1, -0.05) is 46.8 Å². The number of fused-ring (bicyclic) bond motifs is 1. The number of methoxy groups -OCH3 is 1. The van der Waals surface area contributed by atoms with Crippen LogP contribution in [0.15, 0.2) is 24.3 Å². The lowest BCUT2D eigenvalue weighted by Crippen LogP contribution is -2.70. The molecule has 10 unspecified atom stereocenters. The molecule has 4 amide bonds. The van der Waals surface area contributed by atoms with Gasteiger partial charge in [0.2, 0.25) is 11.8 Å². The predicted octanol–water partition coefficient (Wildman–Crippen LogP) is -1.92. The molecule has 20 atom stereocenters. The lowest BCUT2D eigenvalue weighted by atomic mass is 9.87. The zero-order valence-corrected chi connectivity index (χ0v) is 41.6. The second kappa shape index (κ2) is 22.3. The number of amides is 4. The molecule has 5 aliphatic rings. The highest BCUT2D eigenvalue weighted by atomic mass is 28.4. The summed E-state index contributed by atoms with van der Waals surface area (Å²) >= 11 is 0. The number of carbonyl (C=O) groups excluding carboxylic acids is 4. The molecule has 0 saturated carbocycles. The van der Waals surface area contributed by atoms with Gasteiger partial charge in [0.1, 0.15) is 67.0 Å². The standard InChI is InChI=1S/C45H71N3O20Si/c1-19-31(48-39(58)23-13-11-12-14-24(23)40(48)59)44(64-25(15-49)35(19)68-69(9,10)45(5,6)7)67-38-28(18-52)63-43(30(34(38)57)47-22(4)54)66-36-26(16-50)61-41(20(2)32(36)55)65-37-27(17-51)62-42(60-8)29(33(37)56)46-21(3)53/h11-14,19-20,25-38,41-44,49-52,55-57H,15-18H2,1-10H3,(H,46,53)(H,47,54)/t19-,20+,25?,26?,27?,28?,29-,30-,31+,32-,33?,34?,35?,36?,37+,38+,41?,42+,43-,44?/m1/s1. The number of rotatable bonds is 16. The molecule has 0 spiro atoms. The van der Waals surface area contributed by atoms with Crippen molar-refractivity contribution in [1.29, 1.82) is 0 Å². The molecule has 69 heavy (non-hydrogen) atoms. The molecule has 5 heterocycles. The highest BCUT2D eigenvalue weighted by Gasteiger charge is 2.58. The number of aliphatic hydroxyl groups excluding tert-OH is 7. The van der Waals surface area contributed by atoms with E-state index in [0.717, 1.165) is 11.8 Å². The molecule has 1 aromatic rings. The van der Waals surface area contributed by atoms with Crippen molar-refractivity contribution >= 4 is 31.9 Å². The maximum atomic E-state index is 14.2. The van der Waals surface area contributed by atoms with Gasteiger partial charge in [0.05, 0.1) is 55.8 Å². The molecule has 4 fully saturated rings. The molecule has 4 saturated heterocycles. The Morgan fingerprint density at radius 2 is 1.03 bits per heavy atom. The Morgan fingerprint density at radius 1 is 0.638 bits per heavy atom. The molecular weight excluding hydrogens is 931 g/mol. The van der Waals surface area contributed by atoms with Gasteiger partial charge in [-0.2, -0.15) is 0 Å². The summed E-state index contributed by atoms with van der Waals surface area (Å²) in [6.07, 6.45) is -21.1. The highest BCUT2D eigenvalue weighted by Crippen LogP contribution is 2.44. The van der Waals surface area contributed by atoms with Gasteiger partial charge >= 0.3 is 0 Å². The van der Waals surface area contributed by atoms with E-state index in [1.54, 1.807) is 19.1 Å². The van der Waals surface area contributed by atoms with Gasteiger partial charge in [-0.3, -0.25) is 24.1 Å². The predicted molar refractivity (Wildman–Crippen MR) is 239 cm³/mol. The molecule has 0 bridgehead atoms. The number of hydrogen-bond donors (Lipinski definition) is 9.